The molecule has 7 nitrogen and oxygen atoms in total. The van der Waals surface area contributed by atoms with Crippen LogP contribution in [0.3, 0.4) is 0 Å². The van der Waals surface area contributed by atoms with Crippen LogP contribution in [0.25, 0.3) is 0 Å². The fourth-order valence-corrected chi connectivity index (χ4v) is 2.37. The Labute approximate surface area is 170 Å². The topological polar surface area (TPSA) is 64.6 Å². The molecule has 1 aliphatic rings. The van der Waals surface area contributed by atoms with Gasteiger partial charge in [0.2, 0.25) is 0 Å². The summed E-state index contributed by atoms with van der Waals surface area (Å²) in [7, 11) is 0. The van der Waals surface area contributed by atoms with Gasteiger partial charge in [-0.1, -0.05) is 24.3 Å². The summed E-state index contributed by atoms with van der Waals surface area (Å²) in [6, 6.07) is 14.8. The van der Waals surface area contributed by atoms with Crippen molar-refractivity contribution in [1.82, 2.24) is 0 Å². The van der Waals surface area contributed by atoms with Gasteiger partial charge in [-0.05, 0) is 24.3 Å². The van der Waals surface area contributed by atoms with Crippen molar-refractivity contribution < 1.29 is 33.2 Å². The maximum Gasteiger partial charge on any atom is 0.169 e. The van der Waals surface area contributed by atoms with Crippen molar-refractivity contribution in [1.29, 1.82) is 0 Å². The van der Waals surface area contributed by atoms with Gasteiger partial charge in [0, 0.05) is 0 Å². The van der Waals surface area contributed by atoms with E-state index < -0.39 is 0 Å². The predicted molar refractivity (Wildman–Crippen MR) is 106 cm³/mol. The van der Waals surface area contributed by atoms with Crippen molar-refractivity contribution in [2.45, 2.75) is 0 Å². The quantitative estimate of drug-likeness (QED) is 0.664. The molecular weight excluding hydrogens is 376 g/mol. The third kappa shape index (κ3) is 7.31. The highest BCUT2D eigenvalue weighted by atomic mass is 16.6. The fourth-order valence-electron chi connectivity index (χ4n) is 2.37. The van der Waals surface area contributed by atoms with Gasteiger partial charge < -0.3 is 33.2 Å². The van der Waals surface area contributed by atoms with E-state index in [2.05, 4.69) is 0 Å². The summed E-state index contributed by atoms with van der Waals surface area (Å²) in [6.45, 7) is 2.41. The Morgan fingerprint density at radius 3 is 1.48 bits per heavy atom. The molecule has 0 aliphatic carbocycles. The molecule has 0 spiro atoms. The van der Waals surface area contributed by atoms with Gasteiger partial charge in [-0.2, -0.15) is 0 Å². The first-order valence-corrected chi connectivity index (χ1v) is 9.31. The van der Waals surface area contributed by atoms with Crippen LogP contribution in [0, 0.1) is 0 Å². The van der Waals surface area contributed by atoms with E-state index in [1.165, 1.54) is 25.0 Å². The number of rotatable bonds is 0. The first-order chi connectivity index (χ1) is 14.4. The summed E-state index contributed by atoms with van der Waals surface area (Å²) in [5.41, 5.74) is 0. The molecule has 1 aliphatic heterocycles. The van der Waals surface area contributed by atoms with Gasteiger partial charge in [0.15, 0.2) is 23.0 Å². The minimum atomic E-state index is 0.357. The highest BCUT2D eigenvalue weighted by Crippen LogP contribution is 2.27. The van der Waals surface area contributed by atoms with Gasteiger partial charge in [-0.3, -0.25) is 0 Å². The lowest BCUT2D eigenvalue weighted by molar-refractivity contribution is 0.0634. The summed E-state index contributed by atoms with van der Waals surface area (Å²) in [4.78, 5) is 0. The third-order valence-electron chi connectivity index (χ3n) is 3.68. The number of hydrogen-bond donors (Lipinski definition) is 0. The summed E-state index contributed by atoms with van der Waals surface area (Å²) in [5, 5.41) is 0. The molecule has 0 N–H and O–H groups in total. The van der Waals surface area contributed by atoms with Crippen LogP contribution in [-0.4, -0.2) is 39.6 Å². The molecule has 0 aromatic heterocycles. The maximum absolute atomic E-state index is 5.73. The van der Waals surface area contributed by atoms with Crippen molar-refractivity contribution >= 4 is 0 Å². The zero-order valence-corrected chi connectivity index (χ0v) is 16.0. The number of fused-ring (bicyclic) bond motifs is 2. The molecule has 1 heterocycles. The number of hydrogen-bond acceptors (Lipinski definition) is 7. The minimum absolute atomic E-state index is 0.357. The van der Waals surface area contributed by atoms with Gasteiger partial charge in [0.05, 0.1) is 13.2 Å². The lowest BCUT2D eigenvalue weighted by Crippen LogP contribution is -2.11. The predicted octanol–water partition coefficient (Wildman–Crippen LogP) is 3.91. The van der Waals surface area contributed by atoms with Crippen molar-refractivity contribution in [3.63, 3.8) is 0 Å². The second kappa shape index (κ2) is 12.2. The van der Waals surface area contributed by atoms with Crippen LogP contribution >= 0.6 is 0 Å². The first kappa shape index (κ1) is 20.4. The first-order valence-electron chi connectivity index (χ1n) is 9.31. The van der Waals surface area contributed by atoms with E-state index >= 15 is 0 Å². The van der Waals surface area contributed by atoms with E-state index in [1.54, 1.807) is 12.1 Å². The molecule has 0 atom stereocenters. The third-order valence-corrected chi connectivity index (χ3v) is 3.68. The molecule has 0 unspecified atom stereocenters. The smallest absolute Gasteiger partial charge is 0.169 e. The number of benzene rings is 2. The lowest BCUT2D eigenvalue weighted by atomic mass is 10.3. The Morgan fingerprint density at radius 1 is 0.448 bits per heavy atom. The molecule has 2 aromatic rings. The molecule has 29 heavy (non-hydrogen) atoms. The molecule has 0 bridgehead atoms. The van der Waals surface area contributed by atoms with E-state index in [-0.39, 0.29) is 0 Å². The van der Waals surface area contributed by atoms with Crippen LogP contribution in [0.1, 0.15) is 0 Å². The Balaban J connectivity index is 1.59. The van der Waals surface area contributed by atoms with Crippen molar-refractivity contribution in [3.8, 4) is 23.0 Å². The van der Waals surface area contributed by atoms with E-state index in [4.69, 9.17) is 33.2 Å². The molecule has 0 amide bonds. The largest absolute Gasteiger partial charge is 0.496 e. The fraction of sp³-hybridized carbons (Fsp3) is 0.273. The summed E-state index contributed by atoms with van der Waals surface area (Å²) in [5.74, 6) is 2.42. The average molecular weight is 400 g/mol. The van der Waals surface area contributed by atoms with E-state index in [0.717, 1.165) is 0 Å². The molecule has 0 fully saturated rings. The molecule has 154 valence electrons. The van der Waals surface area contributed by atoms with Crippen LogP contribution in [0.2, 0.25) is 0 Å². The van der Waals surface area contributed by atoms with Gasteiger partial charge in [-0.15, -0.1) is 0 Å². The number of para-hydroxylation sites is 4. The second-order valence-corrected chi connectivity index (χ2v) is 5.72. The standard InChI is InChI=1S/C22H24O7/c1-3-7-21-19(5-1)26-15-11-23-9-10-24-12-16-27-20-6-2-4-8-22(20)29-18-14-25-13-17-28-21/h1-8,11,13,15,17H,9-10,12,14,16,18H2/b15-11?,17-13-. The summed E-state index contributed by atoms with van der Waals surface area (Å²) in [6.07, 6.45) is 5.81. The zero-order valence-electron chi connectivity index (χ0n) is 16.0. The summed E-state index contributed by atoms with van der Waals surface area (Å²) < 4.78 is 38.8. The molecule has 0 saturated heterocycles. The molecular formula is C22H24O7. The monoisotopic (exact) mass is 400 g/mol. The van der Waals surface area contributed by atoms with Gasteiger partial charge >= 0.3 is 0 Å². The second-order valence-electron chi connectivity index (χ2n) is 5.72. The zero-order chi connectivity index (χ0) is 20.0. The van der Waals surface area contributed by atoms with Gasteiger partial charge in [0.1, 0.15) is 51.5 Å². The van der Waals surface area contributed by atoms with Crippen LogP contribution < -0.4 is 18.9 Å². The highest BCUT2D eigenvalue weighted by molar-refractivity contribution is 5.40. The van der Waals surface area contributed by atoms with Gasteiger partial charge in [-0.25, -0.2) is 0 Å². The Hall–Kier alpha value is -3.32. The SMILES string of the molecule is C1=COc2ccccc2O/C=C\OCCOc2ccccc2OCCOCCO1. The molecule has 3 rings (SSSR count). The average Bonchev–Trinajstić information content (AvgIpc) is 2.75. The van der Waals surface area contributed by atoms with Crippen molar-refractivity contribution in [2.24, 2.45) is 0 Å². The van der Waals surface area contributed by atoms with E-state index in [9.17, 15) is 0 Å². The number of ether oxygens (including phenoxy) is 7. The van der Waals surface area contributed by atoms with Crippen molar-refractivity contribution in [2.75, 3.05) is 39.6 Å². The Morgan fingerprint density at radius 2 is 0.897 bits per heavy atom. The van der Waals surface area contributed by atoms with Crippen LogP contribution in [0.4, 0.5) is 0 Å². The molecule has 0 radical (unpaired) electrons. The van der Waals surface area contributed by atoms with E-state index in [1.807, 2.05) is 36.4 Å². The Kier molecular flexibility index (Phi) is 8.59. The van der Waals surface area contributed by atoms with Gasteiger partial charge in [0.25, 0.3) is 0 Å². The van der Waals surface area contributed by atoms with Crippen LogP contribution in [0.15, 0.2) is 73.6 Å². The van der Waals surface area contributed by atoms with Crippen LogP contribution in [-0.2, 0) is 14.2 Å². The lowest BCUT2D eigenvalue weighted by Gasteiger charge is -2.12. The Bertz CT molecular complexity index is 788. The van der Waals surface area contributed by atoms with Crippen LogP contribution in [0.5, 0.6) is 23.0 Å². The highest BCUT2D eigenvalue weighted by Gasteiger charge is 2.04. The minimum Gasteiger partial charge on any atom is -0.496 e. The normalized spacial score (nSPS) is 17.1. The molecule has 7 heteroatoms. The summed E-state index contributed by atoms with van der Waals surface area (Å²) >= 11 is 0. The van der Waals surface area contributed by atoms with Crippen molar-refractivity contribution in [3.05, 3.63) is 73.6 Å². The molecule has 0 saturated carbocycles. The van der Waals surface area contributed by atoms with E-state index in [0.29, 0.717) is 62.6 Å². The maximum atomic E-state index is 5.73. The molecule has 2 aromatic carbocycles.